The summed E-state index contributed by atoms with van der Waals surface area (Å²) in [7, 11) is -3.19. The van der Waals surface area contributed by atoms with Crippen molar-refractivity contribution in [3.63, 3.8) is 0 Å². The summed E-state index contributed by atoms with van der Waals surface area (Å²) in [6.45, 7) is 5.99. The van der Waals surface area contributed by atoms with Crippen molar-refractivity contribution < 1.29 is 8.42 Å². The lowest BCUT2D eigenvalue weighted by molar-refractivity contribution is 0.361. The molecule has 1 atom stereocenters. The zero-order chi connectivity index (χ0) is 12.2. The van der Waals surface area contributed by atoms with E-state index in [0.29, 0.717) is 6.54 Å². The molecule has 1 aromatic rings. The highest BCUT2D eigenvalue weighted by molar-refractivity contribution is 7.89. The molecule has 0 spiro atoms. The molecule has 6 nitrogen and oxygen atoms in total. The third kappa shape index (κ3) is 3.90. The van der Waals surface area contributed by atoms with Gasteiger partial charge >= 0.3 is 0 Å². The smallest absolute Gasteiger partial charge is 0.211 e. The van der Waals surface area contributed by atoms with E-state index in [2.05, 4.69) is 14.9 Å². The summed E-state index contributed by atoms with van der Waals surface area (Å²) < 4.78 is 25.6. The zero-order valence-electron chi connectivity index (χ0n) is 9.79. The number of nitrogens with one attached hydrogen (secondary N) is 1. The second-order valence-corrected chi connectivity index (χ2v) is 6.00. The van der Waals surface area contributed by atoms with E-state index in [1.807, 2.05) is 13.8 Å². The van der Waals surface area contributed by atoms with E-state index in [0.717, 1.165) is 0 Å². The van der Waals surface area contributed by atoms with Gasteiger partial charge < -0.3 is 0 Å². The Balaban J connectivity index is 2.69. The number of aromatic nitrogens is 3. The summed E-state index contributed by atoms with van der Waals surface area (Å²) in [5, 5.41) is 7.93. The van der Waals surface area contributed by atoms with Crippen LogP contribution in [0.25, 0.3) is 0 Å². The van der Waals surface area contributed by atoms with Crippen LogP contribution >= 0.6 is 0 Å². The third-order valence-electron chi connectivity index (χ3n) is 2.34. The second kappa shape index (κ2) is 5.40. The predicted molar refractivity (Wildman–Crippen MR) is 61.2 cm³/mol. The quantitative estimate of drug-likeness (QED) is 0.780. The van der Waals surface area contributed by atoms with Gasteiger partial charge in [-0.3, -0.25) is 0 Å². The standard InChI is InChI=1S/C9H18N4O2S/c1-4-16(14,15)12-9(8(2)3)7-13-10-5-6-11-13/h5-6,8-9,12H,4,7H2,1-3H3. The number of hydrogen-bond acceptors (Lipinski definition) is 4. The van der Waals surface area contributed by atoms with E-state index >= 15 is 0 Å². The van der Waals surface area contributed by atoms with Crippen molar-refractivity contribution in [2.24, 2.45) is 5.92 Å². The summed E-state index contributed by atoms with van der Waals surface area (Å²) >= 11 is 0. The van der Waals surface area contributed by atoms with E-state index in [-0.39, 0.29) is 17.7 Å². The Labute approximate surface area is 96.1 Å². The highest BCUT2D eigenvalue weighted by atomic mass is 32.2. The van der Waals surface area contributed by atoms with E-state index in [4.69, 9.17) is 0 Å². The molecule has 0 amide bonds. The topological polar surface area (TPSA) is 76.9 Å². The van der Waals surface area contributed by atoms with Gasteiger partial charge in [-0.2, -0.15) is 15.0 Å². The molecule has 1 heterocycles. The van der Waals surface area contributed by atoms with E-state index in [9.17, 15) is 8.42 Å². The molecule has 0 aliphatic rings. The monoisotopic (exact) mass is 246 g/mol. The van der Waals surface area contributed by atoms with Crippen LogP contribution in [-0.2, 0) is 16.6 Å². The Morgan fingerprint density at radius 1 is 1.31 bits per heavy atom. The van der Waals surface area contributed by atoms with Crippen molar-refractivity contribution in [2.45, 2.75) is 33.4 Å². The van der Waals surface area contributed by atoms with Gasteiger partial charge in [-0.25, -0.2) is 13.1 Å². The largest absolute Gasteiger partial charge is 0.212 e. The Morgan fingerprint density at radius 3 is 2.31 bits per heavy atom. The van der Waals surface area contributed by atoms with Crippen molar-refractivity contribution in [3.05, 3.63) is 12.4 Å². The fourth-order valence-corrected chi connectivity index (χ4v) is 2.19. The summed E-state index contributed by atoms with van der Waals surface area (Å²) in [4.78, 5) is 1.49. The van der Waals surface area contributed by atoms with Gasteiger partial charge in [0.15, 0.2) is 0 Å². The van der Waals surface area contributed by atoms with Gasteiger partial charge in [-0.05, 0) is 12.8 Å². The second-order valence-electron chi connectivity index (χ2n) is 3.96. The van der Waals surface area contributed by atoms with E-state index < -0.39 is 10.0 Å². The maximum atomic E-state index is 11.5. The molecule has 1 unspecified atom stereocenters. The SMILES string of the molecule is CCS(=O)(=O)NC(Cn1nccn1)C(C)C. The van der Waals surface area contributed by atoms with Gasteiger partial charge in [0.05, 0.1) is 24.7 Å². The minimum absolute atomic E-state index is 0.0861. The van der Waals surface area contributed by atoms with Crippen LogP contribution in [0.15, 0.2) is 12.4 Å². The molecule has 1 aromatic heterocycles. The van der Waals surface area contributed by atoms with Crippen LogP contribution in [0.3, 0.4) is 0 Å². The molecule has 1 N–H and O–H groups in total. The first-order valence-electron chi connectivity index (χ1n) is 5.28. The molecular weight excluding hydrogens is 228 g/mol. The molecule has 0 aromatic carbocycles. The lowest BCUT2D eigenvalue weighted by atomic mass is 10.1. The van der Waals surface area contributed by atoms with Crippen molar-refractivity contribution in [3.8, 4) is 0 Å². The molecule has 0 bridgehead atoms. The third-order valence-corrected chi connectivity index (χ3v) is 3.76. The van der Waals surface area contributed by atoms with Crippen LogP contribution in [0.2, 0.25) is 0 Å². The van der Waals surface area contributed by atoms with Crippen molar-refractivity contribution >= 4 is 10.0 Å². The fourth-order valence-electron chi connectivity index (χ4n) is 1.21. The Bertz CT molecular complexity index is 399. The Morgan fingerprint density at radius 2 is 1.88 bits per heavy atom. The Hall–Kier alpha value is -0.950. The number of nitrogens with zero attached hydrogens (tertiary/aromatic N) is 3. The van der Waals surface area contributed by atoms with Crippen LogP contribution in [0.5, 0.6) is 0 Å². The van der Waals surface area contributed by atoms with Crippen molar-refractivity contribution in [1.29, 1.82) is 0 Å². The number of hydrogen-bond donors (Lipinski definition) is 1. The normalized spacial score (nSPS) is 14.2. The molecule has 0 aliphatic carbocycles. The molecule has 0 saturated carbocycles. The van der Waals surface area contributed by atoms with Crippen LogP contribution in [0.4, 0.5) is 0 Å². The van der Waals surface area contributed by atoms with Gasteiger partial charge in [0.2, 0.25) is 10.0 Å². The summed E-state index contributed by atoms with van der Waals surface area (Å²) in [5.41, 5.74) is 0. The molecule has 0 radical (unpaired) electrons. The van der Waals surface area contributed by atoms with Crippen LogP contribution in [0, 0.1) is 5.92 Å². The highest BCUT2D eigenvalue weighted by Crippen LogP contribution is 2.05. The lowest BCUT2D eigenvalue weighted by Gasteiger charge is -2.21. The molecule has 92 valence electrons. The van der Waals surface area contributed by atoms with Crippen molar-refractivity contribution in [1.82, 2.24) is 19.7 Å². The average Bonchev–Trinajstić information content (AvgIpc) is 2.69. The van der Waals surface area contributed by atoms with Crippen LogP contribution < -0.4 is 4.72 Å². The van der Waals surface area contributed by atoms with Gasteiger partial charge in [-0.1, -0.05) is 13.8 Å². The Kier molecular flexibility index (Phi) is 4.43. The summed E-state index contributed by atoms with van der Waals surface area (Å²) in [5.74, 6) is 0.273. The van der Waals surface area contributed by atoms with Crippen LogP contribution in [-0.4, -0.2) is 35.2 Å². The van der Waals surface area contributed by atoms with Gasteiger partial charge in [-0.15, -0.1) is 0 Å². The van der Waals surface area contributed by atoms with Gasteiger partial charge in [0.1, 0.15) is 0 Å². The summed E-state index contributed by atoms with van der Waals surface area (Å²) in [6.07, 6.45) is 3.15. The first kappa shape index (κ1) is 13.1. The van der Waals surface area contributed by atoms with Crippen LogP contribution in [0.1, 0.15) is 20.8 Å². The minimum atomic E-state index is -3.19. The maximum Gasteiger partial charge on any atom is 0.211 e. The fraction of sp³-hybridized carbons (Fsp3) is 0.778. The van der Waals surface area contributed by atoms with Gasteiger partial charge in [0.25, 0.3) is 0 Å². The maximum absolute atomic E-state index is 11.5. The minimum Gasteiger partial charge on any atom is -0.212 e. The predicted octanol–water partition coefficient (Wildman–Crippen LogP) is 0.242. The number of sulfonamides is 1. The molecule has 0 aliphatic heterocycles. The summed E-state index contributed by atoms with van der Waals surface area (Å²) in [6, 6.07) is -0.183. The first-order chi connectivity index (χ1) is 7.44. The molecular formula is C9H18N4O2S. The number of rotatable bonds is 6. The van der Waals surface area contributed by atoms with E-state index in [1.54, 1.807) is 19.3 Å². The molecule has 16 heavy (non-hydrogen) atoms. The van der Waals surface area contributed by atoms with Gasteiger partial charge in [0, 0.05) is 6.04 Å². The van der Waals surface area contributed by atoms with Crippen molar-refractivity contribution in [2.75, 3.05) is 5.75 Å². The zero-order valence-corrected chi connectivity index (χ0v) is 10.6. The lowest BCUT2D eigenvalue weighted by Crippen LogP contribution is -2.42. The molecule has 7 heteroatoms. The average molecular weight is 246 g/mol. The first-order valence-corrected chi connectivity index (χ1v) is 6.94. The molecule has 0 fully saturated rings. The molecule has 0 saturated heterocycles. The highest BCUT2D eigenvalue weighted by Gasteiger charge is 2.20. The molecule has 1 rings (SSSR count). The van der Waals surface area contributed by atoms with E-state index in [1.165, 1.54) is 4.80 Å².